The van der Waals surface area contributed by atoms with E-state index in [0.717, 1.165) is 25.7 Å². The highest BCUT2D eigenvalue weighted by Gasteiger charge is 2.13. The van der Waals surface area contributed by atoms with Gasteiger partial charge in [-0.2, -0.15) is 0 Å². The topological polar surface area (TPSA) is 96.9 Å². The van der Waals surface area contributed by atoms with E-state index in [9.17, 15) is 9.59 Å². The van der Waals surface area contributed by atoms with Gasteiger partial charge in [-0.05, 0) is 55.3 Å². The third-order valence-corrected chi connectivity index (χ3v) is 4.22. The van der Waals surface area contributed by atoms with Crippen LogP contribution in [0, 0.1) is 0 Å². The van der Waals surface area contributed by atoms with Crippen molar-refractivity contribution in [3.63, 3.8) is 0 Å². The highest BCUT2D eigenvalue weighted by atomic mass is 16.5. The van der Waals surface area contributed by atoms with Crippen molar-refractivity contribution in [1.29, 1.82) is 0 Å². The summed E-state index contributed by atoms with van der Waals surface area (Å²) in [5.74, 6) is 0.267. The fourth-order valence-corrected chi connectivity index (χ4v) is 2.51. The molecule has 0 atom stereocenters. The fourth-order valence-electron chi connectivity index (χ4n) is 2.51. The van der Waals surface area contributed by atoms with Crippen LogP contribution in [0.2, 0.25) is 0 Å². The van der Waals surface area contributed by atoms with Gasteiger partial charge in [0.1, 0.15) is 0 Å². The maximum absolute atomic E-state index is 12.6. The molecule has 0 aliphatic heterocycles. The lowest BCUT2D eigenvalue weighted by atomic mass is 10.1. The van der Waals surface area contributed by atoms with E-state index in [2.05, 4.69) is 19.2 Å². The predicted molar refractivity (Wildman–Crippen MR) is 111 cm³/mol. The zero-order chi connectivity index (χ0) is 21.1. The van der Waals surface area contributed by atoms with Crippen molar-refractivity contribution >= 4 is 17.5 Å². The number of carbonyl (C=O) groups excluding carboxylic acids is 2. The Morgan fingerprint density at radius 1 is 0.828 bits per heavy atom. The zero-order valence-corrected chi connectivity index (χ0v) is 16.9. The maximum Gasteiger partial charge on any atom is 0.274 e. The summed E-state index contributed by atoms with van der Waals surface area (Å²) in [6.45, 7) is 5.33. The molecule has 7 heteroatoms. The second-order valence-electron chi connectivity index (χ2n) is 6.54. The third-order valence-electron chi connectivity index (χ3n) is 4.22. The van der Waals surface area contributed by atoms with Crippen LogP contribution in [0.4, 0.5) is 5.69 Å². The Balaban J connectivity index is 2.11. The van der Waals surface area contributed by atoms with Crippen LogP contribution in [-0.4, -0.2) is 30.2 Å². The number of ether oxygens (including phenoxy) is 2. The molecule has 0 aliphatic rings. The maximum atomic E-state index is 12.6. The summed E-state index contributed by atoms with van der Waals surface area (Å²) >= 11 is 0. The molecule has 0 saturated heterocycles. The minimum absolute atomic E-state index is 0.283. The van der Waals surface area contributed by atoms with Crippen molar-refractivity contribution in [2.75, 3.05) is 18.5 Å². The number of nitrogens with one attached hydrogen (secondary N) is 2. The first-order valence-corrected chi connectivity index (χ1v) is 9.84. The number of hydroxylamine groups is 1. The van der Waals surface area contributed by atoms with Crippen molar-refractivity contribution < 1.29 is 24.3 Å². The van der Waals surface area contributed by atoms with Crippen LogP contribution in [0.3, 0.4) is 0 Å². The van der Waals surface area contributed by atoms with Crippen LogP contribution < -0.4 is 20.3 Å². The molecule has 0 heterocycles. The van der Waals surface area contributed by atoms with Gasteiger partial charge in [0.2, 0.25) is 0 Å². The van der Waals surface area contributed by atoms with Gasteiger partial charge >= 0.3 is 0 Å². The average Bonchev–Trinajstić information content (AvgIpc) is 2.74. The van der Waals surface area contributed by atoms with E-state index in [1.54, 1.807) is 35.8 Å². The standard InChI is InChI=1S/C22H28N2O5/c1-3-5-13-28-19-12-9-17(15-20(19)29-14-6-4-2)21(25)23-18-10-7-16(8-11-18)22(26)24-27/h7-12,15,27H,3-6,13-14H2,1-2H3,(H,23,25)(H,24,26). The van der Waals surface area contributed by atoms with Crippen molar-refractivity contribution in [1.82, 2.24) is 5.48 Å². The third kappa shape index (κ3) is 6.80. The Morgan fingerprint density at radius 2 is 1.41 bits per heavy atom. The van der Waals surface area contributed by atoms with Gasteiger partial charge in [-0.15, -0.1) is 0 Å². The number of carbonyl (C=O) groups is 2. The normalized spacial score (nSPS) is 10.3. The SMILES string of the molecule is CCCCOc1ccc(C(=O)Nc2ccc(C(=O)NO)cc2)cc1OCCCC. The van der Waals surface area contributed by atoms with Crippen molar-refractivity contribution in [3.8, 4) is 11.5 Å². The van der Waals surface area contributed by atoms with E-state index in [4.69, 9.17) is 14.7 Å². The molecule has 2 amide bonds. The summed E-state index contributed by atoms with van der Waals surface area (Å²) in [6.07, 6.45) is 3.90. The van der Waals surface area contributed by atoms with Crippen LogP contribution in [0.5, 0.6) is 11.5 Å². The second-order valence-corrected chi connectivity index (χ2v) is 6.54. The molecule has 0 radical (unpaired) electrons. The van der Waals surface area contributed by atoms with Crippen LogP contribution >= 0.6 is 0 Å². The van der Waals surface area contributed by atoms with E-state index < -0.39 is 5.91 Å². The summed E-state index contributed by atoms with van der Waals surface area (Å²) < 4.78 is 11.6. The first kappa shape index (κ1) is 22.2. The minimum atomic E-state index is -0.615. The molecule has 0 spiro atoms. The molecular formula is C22H28N2O5. The number of anilines is 1. The van der Waals surface area contributed by atoms with E-state index in [-0.39, 0.29) is 11.5 Å². The molecule has 2 aromatic rings. The van der Waals surface area contributed by atoms with Crippen molar-refractivity contribution in [3.05, 3.63) is 53.6 Å². The molecule has 0 bridgehead atoms. The van der Waals surface area contributed by atoms with Crippen LogP contribution in [0.1, 0.15) is 60.2 Å². The fraction of sp³-hybridized carbons (Fsp3) is 0.364. The van der Waals surface area contributed by atoms with Gasteiger partial charge in [0.25, 0.3) is 11.8 Å². The summed E-state index contributed by atoms with van der Waals surface area (Å²) in [6, 6.07) is 11.3. The van der Waals surface area contributed by atoms with Crippen LogP contribution in [0.25, 0.3) is 0 Å². The lowest BCUT2D eigenvalue weighted by Gasteiger charge is -2.14. The second kappa shape index (κ2) is 11.7. The van der Waals surface area contributed by atoms with Gasteiger partial charge in [-0.25, -0.2) is 5.48 Å². The smallest absolute Gasteiger partial charge is 0.274 e. The first-order valence-electron chi connectivity index (χ1n) is 9.84. The average molecular weight is 400 g/mol. The highest BCUT2D eigenvalue weighted by molar-refractivity contribution is 6.05. The summed E-state index contributed by atoms with van der Waals surface area (Å²) in [4.78, 5) is 24.0. The Hall–Kier alpha value is -3.06. The molecular weight excluding hydrogens is 372 g/mol. The van der Waals surface area contributed by atoms with E-state index in [1.165, 1.54) is 12.1 Å². The molecule has 2 aromatic carbocycles. The molecule has 0 aliphatic carbocycles. The Kier molecular flexibility index (Phi) is 8.98. The Labute approximate surface area is 171 Å². The quantitative estimate of drug-likeness (QED) is 0.295. The molecule has 3 N–H and O–H groups in total. The Bertz CT molecular complexity index is 805. The van der Waals surface area contributed by atoms with Gasteiger partial charge < -0.3 is 14.8 Å². The van der Waals surface area contributed by atoms with E-state index >= 15 is 0 Å². The van der Waals surface area contributed by atoms with Crippen LogP contribution in [0.15, 0.2) is 42.5 Å². The number of rotatable bonds is 11. The minimum Gasteiger partial charge on any atom is -0.490 e. The summed E-state index contributed by atoms with van der Waals surface area (Å²) in [5.41, 5.74) is 2.82. The van der Waals surface area contributed by atoms with Gasteiger partial charge in [0.05, 0.1) is 13.2 Å². The largest absolute Gasteiger partial charge is 0.490 e. The molecule has 2 rings (SSSR count). The van der Waals surface area contributed by atoms with E-state index in [1.807, 2.05) is 0 Å². The monoisotopic (exact) mass is 400 g/mol. The lowest BCUT2D eigenvalue weighted by molar-refractivity contribution is 0.0706. The summed E-state index contributed by atoms with van der Waals surface area (Å²) in [5, 5.41) is 11.4. The molecule has 156 valence electrons. The van der Waals surface area contributed by atoms with Gasteiger partial charge in [-0.1, -0.05) is 26.7 Å². The van der Waals surface area contributed by atoms with Gasteiger partial charge in [0.15, 0.2) is 11.5 Å². The van der Waals surface area contributed by atoms with Gasteiger partial charge in [-0.3, -0.25) is 14.8 Å². The molecule has 7 nitrogen and oxygen atoms in total. The molecule has 0 aromatic heterocycles. The highest BCUT2D eigenvalue weighted by Crippen LogP contribution is 2.29. The summed E-state index contributed by atoms with van der Waals surface area (Å²) in [7, 11) is 0. The number of unbranched alkanes of at least 4 members (excludes halogenated alkanes) is 2. The number of hydrogen-bond donors (Lipinski definition) is 3. The van der Waals surface area contributed by atoms with Crippen LogP contribution in [-0.2, 0) is 0 Å². The molecule has 0 unspecified atom stereocenters. The number of benzene rings is 2. The Morgan fingerprint density at radius 3 is 2.00 bits per heavy atom. The lowest BCUT2D eigenvalue weighted by Crippen LogP contribution is -2.18. The molecule has 0 fully saturated rings. The van der Waals surface area contributed by atoms with Crippen molar-refractivity contribution in [2.45, 2.75) is 39.5 Å². The van der Waals surface area contributed by atoms with Crippen molar-refractivity contribution in [2.24, 2.45) is 0 Å². The van der Waals surface area contributed by atoms with Gasteiger partial charge in [0, 0.05) is 16.8 Å². The number of hydrogen-bond acceptors (Lipinski definition) is 5. The molecule has 0 saturated carbocycles. The first-order chi connectivity index (χ1) is 14.1. The number of amides is 2. The zero-order valence-electron chi connectivity index (χ0n) is 16.9. The molecule has 29 heavy (non-hydrogen) atoms. The van der Waals surface area contributed by atoms with E-state index in [0.29, 0.717) is 36.0 Å². The predicted octanol–water partition coefficient (Wildman–Crippen LogP) is 4.42.